The summed E-state index contributed by atoms with van der Waals surface area (Å²) in [4.78, 5) is 26.0. The Balaban J connectivity index is 1.81. The van der Waals surface area contributed by atoms with Crippen molar-refractivity contribution in [1.82, 2.24) is 0 Å². The fraction of sp³-hybridized carbons (Fsp3) is 0.261. The number of methoxy groups -OCH3 is 1. The number of anilines is 1. The van der Waals surface area contributed by atoms with Crippen LogP contribution in [0.2, 0.25) is 0 Å². The molecule has 0 radical (unpaired) electrons. The molecule has 0 atom stereocenters. The van der Waals surface area contributed by atoms with Gasteiger partial charge in [-0.1, -0.05) is 55.9 Å². The number of nitrogens with zero attached hydrogens (tertiary/aromatic N) is 1. The molecule has 1 aliphatic rings. The molecule has 1 saturated heterocycles. The Morgan fingerprint density at radius 3 is 2.71 bits per heavy atom. The first-order chi connectivity index (χ1) is 14.9. The molecule has 0 saturated carbocycles. The molecule has 8 heteroatoms. The van der Waals surface area contributed by atoms with E-state index in [-0.39, 0.29) is 11.5 Å². The van der Waals surface area contributed by atoms with E-state index in [2.05, 4.69) is 6.92 Å². The summed E-state index contributed by atoms with van der Waals surface area (Å²) in [5.74, 6) is -0.105. The lowest BCUT2D eigenvalue weighted by molar-refractivity contribution is -0.113. The van der Waals surface area contributed by atoms with Crippen molar-refractivity contribution in [2.45, 2.75) is 26.2 Å². The molecule has 162 valence electrons. The molecule has 6 nitrogen and oxygen atoms in total. The summed E-state index contributed by atoms with van der Waals surface area (Å²) in [7, 11) is 1.58. The van der Waals surface area contributed by atoms with Crippen molar-refractivity contribution in [3.63, 3.8) is 0 Å². The van der Waals surface area contributed by atoms with Crippen molar-refractivity contribution in [1.29, 1.82) is 0 Å². The monoisotopic (exact) mass is 457 g/mol. The van der Waals surface area contributed by atoms with Crippen molar-refractivity contribution in [3.05, 3.63) is 58.5 Å². The van der Waals surface area contributed by atoms with Crippen LogP contribution in [0, 0.1) is 0 Å². The molecular formula is C23H23NO5S2. The largest absolute Gasteiger partial charge is 0.493 e. The molecule has 0 spiro atoms. The van der Waals surface area contributed by atoms with E-state index in [4.69, 9.17) is 21.7 Å². The molecule has 2 aromatic carbocycles. The van der Waals surface area contributed by atoms with Gasteiger partial charge in [-0.25, -0.2) is 4.79 Å². The topological polar surface area (TPSA) is 76.1 Å². The SMILES string of the molecule is CCCCCOc1ccc(/C=C2\SC(=S)N(c3cccc(C(=O)O)c3)C2=O)cc1OC. The summed E-state index contributed by atoms with van der Waals surface area (Å²) in [6.45, 7) is 2.76. The first-order valence-electron chi connectivity index (χ1n) is 9.86. The lowest BCUT2D eigenvalue weighted by Gasteiger charge is -2.14. The molecule has 0 aliphatic carbocycles. The fourth-order valence-corrected chi connectivity index (χ4v) is 4.35. The van der Waals surface area contributed by atoms with Gasteiger partial charge in [0.15, 0.2) is 15.8 Å². The number of amides is 1. The Labute approximate surface area is 190 Å². The Morgan fingerprint density at radius 2 is 2.00 bits per heavy atom. The van der Waals surface area contributed by atoms with Crippen LogP contribution in [0.15, 0.2) is 47.4 Å². The molecule has 31 heavy (non-hydrogen) atoms. The van der Waals surface area contributed by atoms with Crippen LogP contribution in [0.5, 0.6) is 11.5 Å². The van der Waals surface area contributed by atoms with E-state index in [1.54, 1.807) is 25.3 Å². The highest BCUT2D eigenvalue weighted by atomic mass is 32.2. The van der Waals surface area contributed by atoms with Gasteiger partial charge >= 0.3 is 5.97 Å². The van der Waals surface area contributed by atoms with Gasteiger partial charge in [0.25, 0.3) is 5.91 Å². The van der Waals surface area contributed by atoms with Crippen LogP contribution < -0.4 is 14.4 Å². The minimum Gasteiger partial charge on any atom is -0.493 e. The normalized spacial score (nSPS) is 14.9. The van der Waals surface area contributed by atoms with Crippen LogP contribution in [0.3, 0.4) is 0 Å². The van der Waals surface area contributed by atoms with Gasteiger partial charge < -0.3 is 14.6 Å². The Bertz CT molecular complexity index is 1030. The number of aromatic carboxylic acids is 1. The zero-order valence-electron chi connectivity index (χ0n) is 17.3. The average molecular weight is 458 g/mol. The first-order valence-corrected chi connectivity index (χ1v) is 11.1. The third kappa shape index (κ3) is 5.45. The van der Waals surface area contributed by atoms with Gasteiger partial charge in [-0.2, -0.15) is 0 Å². The average Bonchev–Trinajstić information content (AvgIpc) is 3.04. The highest BCUT2D eigenvalue weighted by Crippen LogP contribution is 2.37. The third-order valence-corrected chi connectivity index (χ3v) is 5.94. The summed E-state index contributed by atoms with van der Waals surface area (Å²) < 4.78 is 11.6. The van der Waals surface area contributed by atoms with Gasteiger partial charge in [0.05, 0.1) is 29.9 Å². The number of carboxylic acids is 1. The highest BCUT2D eigenvalue weighted by Gasteiger charge is 2.33. The standard InChI is InChI=1S/C23H23NO5S2/c1-3-4-5-11-29-18-10-9-15(12-19(18)28-2)13-20-21(25)24(23(30)31-20)17-8-6-7-16(14-17)22(26)27/h6-10,12-14H,3-5,11H2,1-2H3,(H,26,27)/b20-13-. The molecule has 3 rings (SSSR count). The molecule has 0 bridgehead atoms. The summed E-state index contributed by atoms with van der Waals surface area (Å²) in [5.41, 5.74) is 1.30. The second-order valence-electron chi connectivity index (χ2n) is 6.84. The predicted molar refractivity (Wildman–Crippen MR) is 127 cm³/mol. The molecule has 1 N–H and O–H groups in total. The minimum absolute atomic E-state index is 0.0924. The Kier molecular flexibility index (Phi) is 7.70. The van der Waals surface area contributed by atoms with E-state index in [9.17, 15) is 14.7 Å². The molecule has 1 aliphatic heterocycles. The molecule has 1 amide bonds. The second kappa shape index (κ2) is 10.5. The van der Waals surface area contributed by atoms with Gasteiger partial charge in [0.1, 0.15) is 0 Å². The Hall–Kier alpha value is -2.84. The lowest BCUT2D eigenvalue weighted by atomic mass is 10.1. The zero-order chi connectivity index (χ0) is 22.4. The number of carbonyl (C=O) groups excluding carboxylic acids is 1. The highest BCUT2D eigenvalue weighted by molar-refractivity contribution is 8.27. The minimum atomic E-state index is -1.06. The predicted octanol–water partition coefficient (Wildman–Crippen LogP) is 5.37. The quantitative estimate of drug-likeness (QED) is 0.308. The smallest absolute Gasteiger partial charge is 0.335 e. The van der Waals surface area contributed by atoms with Crippen molar-refractivity contribution in [2.24, 2.45) is 0 Å². The summed E-state index contributed by atoms with van der Waals surface area (Å²) in [6.07, 6.45) is 4.95. The van der Waals surface area contributed by atoms with Gasteiger partial charge in [-0.05, 0) is 48.4 Å². The van der Waals surface area contributed by atoms with Crippen molar-refractivity contribution in [3.8, 4) is 11.5 Å². The van der Waals surface area contributed by atoms with E-state index >= 15 is 0 Å². The number of unbranched alkanes of at least 4 members (excludes halogenated alkanes) is 2. The van der Waals surface area contributed by atoms with E-state index < -0.39 is 5.97 Å². The van der Waals surface area contributed by atoms with Gasteiger partial charge in [-0.15, -0.1) is 0 Å². The maximum absolute atomic E-state index is 13.0. The number of thiocarbonyl (C=S) groups is 1. The second-order valence-corrected chi connectivity index (χ2v) is 8.51. The molecule has 1 heterocycles. The summed E-state index contributed by atoms with van der Waals surface area (Å²) in [6, 6.07) is 11.6. The van der Waals surface area contributed by atoms with E-state index in [0.29, 0.717) is 33.0 Å². The third-order valence-electron chi connectivity index (χ3n) is 4.64. The summed E-state index contributed by atoms with van der Waals surface area (Å²) >= 11 is 6.55. The van der Waals surface area contributed by atoms with E-state index in [1.807, 2.05) is 18.2 Å². The number of hydrogen-bond acceptors (Lipinski definition) is 6. The van der Waals surface area contributed by atoms with Crippen LogP contribution in [-0.4, -0.2) is 35.0 Å². The number of thioether (sulfide) groups is 1. The van der Waals surface area contributed by atoms with E-state index in [1.165, 1.54) is 28.8 Å². The lowest BCUT2D eigenvalue weighted by Crippen LogP contribution is -2.27. The molecule has 0 unspecified atom stereocenters. The maximum Gasteiger partial charge on any atom is 0.335 e. The van der Waals surface area contributed by atoms with Crippen LogP contribution in [0.25, 0.3) is 6.08 Å². The van der Waals surface area contributed by atoms with Crippen molar-refractivity contribution in [2.75, 3.05) is 18.6 Å². The fourth-order valence-electron chi connectivity index (χ4n) is 3.05. The Morgan fingerprint density at radius 1 is 1.19 bits per heavy atom. The number of hydrogen-bond donors (Lipinski definition) is 1. The van der Waals surface area contributed by atoms with Crippen molar-refractivity contribution < 1.29 is 24.2 Å². The first kappa shape index (κ1) is 22.8. The molecule has 2 aromatic rings. The summed E-state index contributed by atoms with van der Waals surface area (Å²) in [5, 5.41) is 9.21. The number of carbonyl (C=O) groups is 2. The van der Waals surface area contributed by atoms with Gasteiger partial charge in [0.2, 0.25) is 0 Å². The van der Waals surface area contributed by atoms with Crippen molar-refractivity contribution >= 4 is 51.9 Å². The van der Waals surface area contributed by atoms with E-state index in [0.717, 1.165) is 24.8 Å². The van der Waals surface area contributed by atoms with Gasteiger partial charge in [-0.3, -0.25) is 9.69 Å². The van der Waals surface area contributed by atoms with Crippen LogP contribution in [0.1, 0.15) is 42.1 Å². The van der Waals surface area contributed by atoms with Gasteiger partial charge in [0, 0.05) is 0 Å². The maximum atomic E-state index is 13.0. The number of carboxylic acid groups (broad SMARTS) is 1. The number of benzene rings is 2. The molecule has 1 fully saturated rings. The van der Waals surface area contributed by atoms with Crippen LogP contribution in [0.4, 0.5) is 5.69 Å². The number of rotatable bonds is 9. The zero-order valence-corrected chi connectivity index (χ0v) is 18.9. The van der Waals surface area contributed by atoms with Crippen LogP contribution in [-0.2, 0) is 4.79 Å². The molecule has 0 aromatic heterocycles. The number of ether oxygens (including phenoxy) is 2. The van der Waals surface area contributed by atoms with Crippen LogP contribution >= 0.6 is 24.0 Å². The molecular weight excluding hydrogens is 434 g/mol.